The van der Waals surface area contributed by atoms with Crippen LogP contribution < -0.4 is 19.1 Å². The predicted octanol–water partition coefficient (Wildman–Crippen LogP) is 4.11. The number of halogens is 1. The van der Waals surface area contributed by atoms with Crippen molar-refractivity contribution in [2.24, 2.45) is 0 Å². The van der Waals surface area contributed by atoms with Gasteiger partial charge in [-0.3, -0.25) is 13.9 Å². The minimum Gasteiger partial charge on any atom is -0.497 e. The van der Waals surface area contributed by atoms with Gasteiger partial charge in [0.05, 0.1) is 29.8 Å². The summed E-state index contributed by atoms with van der Waals surface area (Å²) < 4.78 is 39.0. The average molecular weight is 574 g/mol. The number of nitrogens with one attached hydrogen (secondary N) is 1. The van der Waals surface area contributed by atoms with E-state index in [1.165, 1.54) is 42.3 Å². The number of amides is 2. The maximum atomic E-state index is 13.8. The summed E-state index contributed by atoms with van der Waals surface area (Å²) in [5, 5.41) is 2.91. The van der Waals surface area contributed by atoms with Crippen molar-refractivity contribution in [1.29, 1.82) is 0 Å². The van der Waals surface area contributed by atoms with Crippen molar-refractivity contribution < 1.29 is 27.5 Å². The molecule has 11 heteroatoms. The molecule has 3 aromatic carbocycles. The van der Waals surface area contributed by atoms with Crippen LogP contribution in [0.3, 0.4) is 0 Å². The molecule has 1 atom stereocenters. The lowest BCUT2D eigenvalue weighted by atomic mass is 10.1. The summed E-state index contributed by atoms with van der Waals surface area (Å²) in [6.07, 6.45) is 0. The molecule has 2 amide bonds. The van der Waals surface area contributed by atoms with Gasteiger partial charge in [0.1, 0.15) is 24.1 Å². The molecule has 3 aromatic rings. The second kappa shape index (κ2) is 13.3. The molecule has 0 saturated heterocycles. The number of nitrogens with zero attached hydrogens (tertiary/aromatic N) is 2. The Balaban J connectivity index is 2.04. The Morgan fingerprint density at radius 3 is 2.21 bits per heavy atom. The molecular formula is C28H32ClN3O6S. The van der Waals surface area contributed by atoms with Gasteiger partial charge in [-0.15, -0.1) is 0 Å². The van der Waals surface area contributed by atoms with Crippen LogP contribution in [-0.4, -0.2) is 58.5 Å². The van der Waals surface area contributed by atoms with Crippen molar-refractivity contribution in [2.75, 3.05) is 31.6 Å². The first kappa shape index (κ1) is 29.8. The van der Waals surface area contributed by atoms with Crippen LogP contribution in [0.5, 0.6) is 11.5 Å². The van der Waals surface area contributed by atoms with Crippen LogP contribution in [0.1, 0.15) is 19.4 Å². The van der Waals surface area contributed by atoms with Gasteiger partial charge in [-0.25, -0.2) is 8.42 Å². The Bertz CT molecular complexity index is 1380. The van der Waals surface area contributed by atoms with Crippen LogP contribution in [-0.2, 0) is 26.2 Å². The van der Waals surface area contributed by atoms with E-state index in [2.05, 4.69) is 5.32 Å². The molecule has 0 aliphatic heterocycles. The molecule has 0 spiro atoms. The highest BCUT2D eigenvalue weighted by atomic mass is 35.5. The molecule has 208 valence electrons. The van der Waals surface area contributed by atoms with Gasteiger partial charge in [0, 0.05) is 13.1 Å². The van der Waals surface area contributed by atoms with Crippen molar-refractivity contribution in [3.8, 4) is 11.5 Å². The summed E-state index contributed by atoms with van der Waals surface area (Å²) in [6, 6.07) is 18.5. The van der Waals surface area contributed by atoms with Gasteiger partial charge in [-0.05, 0) is 61.9 Å². The van der Waals surface area contributed by atoms with Gasteiger partial charge in [0.2, 0.25) is 11.8 Å². The van der Waals surface area contributed by atoms with E-state index in [1.807, 2.05) is 0 Å². The Morgan fingerprint density at radius 2 is 1.64 bits per heavy atom. The number of carbonyl (C=O) groups is 2. The molecule has 0 radical (unpaired) electrons. The maximum Gasteiger partial charge on any atom is 0.264 e. The number of likely N-dealkylation sites (N-methyl/N-ethyl adjacent to an activating group) is 1. The van der Waals surface area contributed by atoms with Gasteiger partial charge in [0.15, 0.2) is 0 Å². The smallest absolute Gasteiger partial charge is 0.264 e. The van der Waals surface area contributed by atoms with Crippen LogP contribution in [0.4, 0.5) is 5.69 Å². The summed E-state index contributed by atoms with van der Waals surface area (Å²) in [7, 11) is -1.19. The third kappa shape index (κ3) is 7.21. The number of benzene rings is 3. The van der Waals surface area contributed by atoms with Crippen LogP contribution >= 0.6 is 11.6 Å². The molecule has 9 nitrogen and oxygen atoms in total. The topological polar surface area (TPSA) is 105 Å². The van der Waals surface area contributed by atoms with E-state index in [9.17, 15) is 18.0 Å². The number of sulfonamides is 1. The normalized spacial score (nSPS) is 11.8. The van der Waals surface area contributed by atoms with E-state index in [1.54, 1.807) is 63.4 Å². The number of anilines is 1. The largest absolute Gasteiger partial charge is 0.497 e. The second-order valence-corrected chi connectivity index (χ2v) is 10.9. The molecule has 0 heterocycles. The number of carbonyl (C=O) groups excluding carboxylic acids is 2. The maximum absolute atomic E-state index is 13.8. The van der Waals surface area contributed by atoms with Crippen molar-refractivity contribution in [2.45, 2.75) is 31.3 Å². The molecule has 3 rings (SSSR count). The summed E-state index contributed by atoms with van der Waals surface area (Å²) in [5.41, 5.74) is 0.915. The molecule has 0 saturated carbocycles. The van der Waals surface area contributed by atoms with Crippen LogP contribution in [0, 0.1) is 0 Å². The van der Waals surface area contributed by atoms with E-state index in [0.29, 0.717) is 18.0 Å². The summed E-state index contributed by atoms with van der Waals surface area (Å²) in [6.45, 7) is 3.27. The molecule has 1 N–H and O–H groups in total. The van der Waals surface area contributed by atoms with Crippen LogP contribution in [0.15, 0.2) is 77.7 Å². The Hall–Kier alpha value is -3.76. The van der Waals surface area contributed by atoms with Gasteiger partial charge in [-0.2, -0.15) is 0 Å². The third-order valence-electron chi connectivity index (χ3n) is 6.06. The minimum atomic E-state index is -4.19. The van der Waals surface area contributed by atoms with Crippen LogP contribution in [0.2, 0.25) is 5.02 Å². The fraction of sp³-hybridized carbons (Fsp3) is 0.286. The van der Waals surface area contributed by atoms with Crippen molar-refractivity contribution >= 4 is 39.1 Å². The second-order valence-electron chi connectivity index (χ2n) is 8.58. The number of ether oxygens (including phenoxy) is 2. The van der Waals surface area contributed by atoms with Crippen molar-refractivity contribution in [3.63, 3.8) is 0 Å². The lowest BCUT2D eigenvalue weighted by molar-refractivity contribution is -0.139. The van der Waals surface area contributed by atoms with Crippen LogP contribution in [0.25, 0.3) is 0 Å². The molecule has 0 aromatic heterocycles. The van der Waals surface area contributed by atoms with Gasteiger partial charge in [0.25, 0.3) is 10.0 Å². The molecular weight excluding hydrogens is 542 g/mol. The minimum absolute atomic E-state index is 0.00298. The zero-order chi connectivity index (χ0) is 28.6. The lowest BCUT2D eigenvalue weighted by Gasteiger charge is -2.32. The van der Waals surface area contributed by atoms with Gasteiger partial charge >= 0.3 is 0 Å². The third-order valence-corrected chi connectivity index (χ3v) is 8.15. The van der Waals surface area contributed by atoms with Crippen molar-refractivity contribution in [1.82, 2.24) is 10.2 Å². The molecule has 0 fully saturated rings. The van der Waals surface area contributed by atoms with Crippen molar-refractivity contribution in [3.05, 3.63) is 83.4 Å². The Morgan fingerprint density at radius 1 is 0.974 bits per heavy atom. The first-order chi connectivity index (χ1) is 18.6. The quantitative estimate of drug-likeness (QED) is 0.350. The standard InChI is InChI=1S/C28H32ClN3O6S/c1-5-30-28(34)20(2)31(18-21-11-14-23(37-3)15-12-21)27(33)19-32(22-13-16-26(38-4)25(29)17-22)39(35,36)24-9-7-6-8-10-24/h6-17,20H,5,18-19H2,1-4H3,(H,30,34)/t20-/m0/s1. The zero-order valence-electron chi connectivity index (χ0n) is 22.3. The number of rotatable bonds is 12. The number of hydrogen-bond acceptors (Lipinski definition) is 6. The molecule has 0 unspecified atom stereocenters. The molecule has 39 heavy (non-hydrogen) atoms. The summed E-state index contributed by atoms with van der Waals surface area (Å²) >= 11 is 6.32. The number of hydrogen-bond donors (Lipinski definition) is 1. The zero-order valence-corrected chi connectivity index (χ0v) is 23.8. The van der Waals surface area contributed by atoms with E-state index in [4.69, 9.17) is 21.1 Å². The highest BCUT2D eigenvalue weighted by Crippen LogP contribution is 2.32. The fourth-order valence-electron chi connectivity index (χ4n) is 3.89. The van der Waals surface area contributed by atoms with Gasteiger partial charge < -0.3 is 19.7 Å². The van der Waals surface area contributed by atoms with E-state index in [-0.39, 0.29) is 28.1 Å². The van der Waals surface area contributed by atoms with E-state index < -0.39 is 28.5 Å². The first-order valence-corrected chi connectivity index (χ1v) is 14.1. The highest BCUT2D eigenvalue weighted by Gasteiger charge is 2.32. The molecule has 0 bridgehead atoms. The van der Waals surface area contributed by atoms with Gasteiger partial charge in [-0.1, -0.05) is 41.9 Å². The van der Waals surface area contributed by atoms with E-state index >= 15 is 0 Å². The average Bonchev–Trinajstić information content (AvgIpc) is 2.94. The fourth-order valence-corrected chi connectivity index (χ4v) is 5.57. The predicted molar refractivity (Wildman–Crippen MR) is 151 cm³/mol. The lowest BCUT2D eigenvalue weighted by Crippen LogP contribution is -2.51. The SMILES string of the molecule is CCNC(=O)[C@H](C)N(Cc1ccc(OC)cc1)C(=O)CN(c1ccc(OC)c(Cl)c1)S(=O)(=O)c1ccccc1. The molecule has 0 aliphatic carbocycles. The first-order valence-electron chi connectivity index (χ1n) is 12.2. The number of methoxy groups -OCH3 is 2. The molecule has 0 aliphatic rings. The Labute approximate surface area is 234 Å². The Kier molecular flexibility index (Phi) is 10.2. The van der Waals surface area contributed by atoms with E-state index in [0.717, 1.165) is 9.87 Å². The summed E-state index contributed by atoms with van der Waals surface area (Å²) in [4.78, 5) is 28.0. The monoisotopic (exact) mass is 573 g/mol. The highest BCUT2D eigenvalue weighted by molar-refractivity contribution is 7.92. The summed E-state index contributed by atoms with van der Waals surface area (Å²) in [5.74, 6) is 0.0695.